The highest BCUT2D eigenvalue weighted by Gasteiger charge is 2.14. The summed E-state index contributed by atoms with van der Waals surface area (Å²) >= 11 is 0. The molecule has 52 heavy (non-hydrogen) atoms. The van der Waals surface area contributed by atoms with Gasteiger partial charge >= 0.3 is 0 Å². The number of aromatic nitrogens is 4. The minimum Gasteiger partial charge on any atom is -0.251 e. The van der Waals surface area contributed by atoms with Gasteiger partial charge in [-0.2, -0.15) is 0 Å². The van der Waals surface area contributed by atoms with Crippen LogP contribution >= 0.6 is 0 Å². The molecular formula is C48H34N4. The molecule has 0 amide bonds. The molecule has 9 rings (SSSR count). The zero-order valence-corrected chi connectivity index (χ0v) is 29.0. The Labute approximate surface area is 303 Å². The van der Waals surface area contributed by atoms with Crippen molar-refractivity contribution >= 4 is 21.8 Å². The van der Waals surface area contributed by atoms with Crippen LogP contribution in [0.2, 0.25) is 0 Å². The first-order valence-electron chi connectivity index (χ1n) is 17.6. The first-order valence-corrected chi connectivity index (χ1v) is 17.6. The van der Waals surface area contributed by atoms with Crippen LogP contribution in [0, 0.1) is 13.8 Å². The van der Waals surface area contributed by atoms with E-state index < -0.39 is 0 Å². The lowest BCUT2D eigenvalue weighted by Crippen LogP contribution is -1.96. The summed E-state index contributed by atoms with van der Waals surface area (Å²) in [6.45, 7) is 4.08. The zero-order chi connectivity index (χ0) is 35.0. The number of pyridine rings is 2. The van der Waals surface area contributed by atoms with Crippen molar-refractivity contribution in [3.63, 3.8) is 0 Å². The Bertz CT molecular complexity index is 2720. The number of benzene rings is 6. The van der Waals surface area contributed by atoms with Crippen LogP contribution in [0.5, 0.6) is 0 Å². The van der Waals surface area contributed by atoms with Gasteiger partial charge in [0.15, 0.2) is 5.82 Å². The fourth-order valence-electron chi connectivity index (χ4n) is 6.96. The summed E-state index contributed by atoms with van der Waals surface area (Å²) in [7, 11) is 0. The number of hydrogen-bond acceptors (Lipinski definition) is 4. The third-order valence-corrected chi connectivity index (χ3v) is 9.64. The molecule has 6 aromatic carbocycles. The molecule has 0 saturated heterocycles. The molecule has 0 spiro atoms. The van der Waals surface area contributed by atoms with Crippen molar-refractivity contribution in [1.82, 2.24) is 19.9 Å². The van der Waals surface area contributed by atoms with Crippen molar-refractivity contribution in [2.45, 2.75) is 13.8 Å². The van der Waals surface area contributed by atoms with Crippen LogP contribution < -0.4 is 0 Å². The minimum atomic E-state index is 0.693. The SMILES string of the molecule is Cc1ccc2ccc3c(-c4cccc(-c5ccc(-c6nc(-c7ccccc7)cc(-c7ccc(-c8ccccc8)cc7)n6)cc5)c4)cc(C)nc3c2n1. The quantitative estimate of drug-likeness (QED) is 0.166. The highest BCUT2D eigenvalue weighted by Crippen LogP contribution is 2.35. The molecule has 0 fully saturated rings. The van der Waals surface area contributed by atoms with Crippen LogP contribution in [-0.2, 0) is 0 Å². The van der Waals surface area contributed by atoms with Crippen molar-refractivity contribution in [3.8, 4) is 67.3 Å². The molecule has 4 heteroatoms. The maximum absolute atomic E-state index is 5.10. The first-order chi connectivity index (χ1) is 25.6. The van der Waals surface area contributed by atoms with Gasteiger partial charge in [0.25, 0.3) is 0 Å². The normalized spacial score (nSPS) is 11.3. The second-order valence-corrected chi connectivity index (χ2v) is 13.2. The lowest BCUT2D eigenvalue weighted by Gasteiger charge is -2.12. The highest BCUT2D eigenvalue weighted by atomic mass is 14.9. The van der Waals surface area contributed by atoms with Crippen LogP contribution in [0.25, 0.3) is 89.1 Å². The first kappa shape index (κ1) is 31.2. The highest BCUT2D eigenvalue weighted by molar-refractivity contribution is 6.08. The Balaban J connectivity index is 1.08. The summed E-state index contributed by atoms with van der Waals surface area (Å²) in [5, 5.41) is 2.20. The average Bonchev–Trinajstić information content (AvgIpc) is 3.21. The van der Waals surface area contributed by atoms with E-state index in [1.807, 2.05) is 31.2 Å². The third-order valence-electron chi connectivity index (χ3n) is 9.64. The van der Waals surface area contributed by atoms with Crippen LogP contribution in [0.15, 0.2) is 170 Å². The van der Waals surface area contributed by atoms with Gasteiger partial charge in [0, 0.05) is 38.9 Å². The maximum atomic E-state index is 5.10. The number of fused-ring (bicyclic) bond motifs is 3. The molecular weight excluding hydrogens is 633 g/mol. The molecule has 0 N–H and O–H groups in total. The third kappa shape index (κ3) is 6.01. The number of aryl methyl sites for hydroxylation is 2. The molecule has 0 aliphatic carbocycles. The van der Waals surface area contributed by atoms with Crippen molar-refractivity contribution < 1.29 is 0 Å². The lowest BCUT2D eigenvalue weighted by molar-refractivity contribution is 1.18. The van der Waals surface area contributed by atoms with E-state index in [2.05, 4.69) is 153 Å². The molecule has 0 atom stereocenters. The molecule has 0 saturated carbocycles. The van der Waals surface area contributed by atoms with Gasteiger partial charge in [-0.3, -0.25) is 9.97 Å². The van der Waals surface area contributed by atoms with Gasteiger partial charge in [0.2, 0.25) is 0 Å². The fourth-order valence-corrected chi connectivity index (χ4v) is 6.96. The van der Waals surface area contributed by atoms with Crippen molar-refractivity contribution in [3.05, 3.63) is 181 Å². The molecule has 9 aromatic rings. The molecule has 3 heterocycles. The summed E-state index contributed by atoms with van der Waals surface area (Å²) in [5.74, 6) is 0.693. The van der Waals surface area contributed by atoms with Gasteiger partial charge in [-0.1, -0.05) is 146 Å². The predicted octanol–water partition coefficient (Wildman–Crippen LogP) is 12.2. The number of rotatable bonds is 6. The van der Waals surface area contributed by atoms with Gasteiger partial charge in [-0.15, -0.1) is 0 Å². The van der Waals surface area contributed by atoms with Crippen LogP contribution in [-0.4, -0.2) is 19.9 Å². The Hall–Kier alpha value is -6.78. The van der Waals surface area contributed by atoms with Gasteiger partial charge in [-0.25, -0.2) is 9.97 Å². The van der Waals surface area contributed by atoms with E-state index in [-0.39, 0.29) is 0 Å². The van der Waals surface area contributed by atoms with E-state index in [0.29, 0.717) is 5.82 Å². The Morgan fingerprint density at radius 1 is 0.327 bits per heavy atom. The van der Waals surface area contributed by atoms with Gasteiger partial charge in [0.05, 0.1) is 22.4 Å². The topological polar surface area (TPSA) is 51.6 Å². The molecule has 0 aliphatic heterocycles. The Morgan fingerprint density at radius 3 is 1.56 bits per heavy atom. The van der Waals surface area contributed by atoms with Crippen molar-refractivity contribution in [2.24, 2.45) is 0 Å². The van der Waals surface area contributed by atoms with Crippen molar-refractivity contribution in [2.75, 3.05) is 0 Å². The summed E-state index contributed by atoms with van der Waals surface area (Å²) in [6.07, 6.45) is 0. The fraction of sp³-hybridized carbons (Fsp3) is 0.0417. The Morgan fingerprint density at radius 2 is 0.846 bits per heavy atom. The molecule has 0 bridgehead atoms. The van der Waals surface area contributed by atoms with E-state index in [0.717, 1.165) is 83.5 Å². The maximum Gasteiger partial charge on any atom is 0.160 e. The van der Waals surface area contributed by atoms with Crippen molar-refractivity contribution in [1.29, 1.82) is 0 Å². The molecule has 4 nitrogen and oxygen atoms in total. The molecule has 3 aromatic heterocycles. The van der Waals surface area contributed by atoms with E-state index in [1.54, 1.807) is 0 Å². The average molecular weight is 667 g/mol. The summed E-state index contributed by atoms with van der Waals surface area (Å²) < 4.78 is 0. The summed E-state index contributed by atoms with van der Waals surface area (Å²) in [6, 6.07) is 59.4. The Kier molecular flexibility index (Phi) is 7.90. The zero-order valence-electron chi connectivity index (χ0n) is 29.0. The molecule has 0 aliphatic rings. The van der Waals surface area contributed by atoms with E-state index >= 15 is 0 Å². The second kappa shape index (κ2) is 13.2. The van der Waals surface area contributed by atoms with E-state index in [9.17, 15) is 0 Å². The van der Waals surface area contributed by atoms with E-state index in [1.165, 1.54) is 11.1 Å². The molecule has 246 valence electrons. The second-order valence-electron chi connectivity index (χ2n) is 13.2. The monoisotopic (exact) mass is 666 g/mol. The van der Waals surface area contributed by atoms with Gasteiger partial charge in [-0.05, 0) is 71.5 Å². The number of nitrogens with zero attached hydrogens (tertiary/aromatic N) is 4. The summed E-state index contributed by atoms with van der Waals surface area (Å²) in [4.78, 5) is 20.0. The van der Waals surface area contributed by atoms with Crippen LogP contribution in [0.3, 0.4) is 0 Å². The molecule has 0 radical (unpaired) electrons. The largest absolute Gasteiger partial charge is 0.251 e. The summed E-state index contributed by atoms with van der Waals surface area (Å²) in [5.41, 5.74) is 15.6. The van der Waals surface area contributed by atoms with Gasteiger partial charge in [0.1, 0.15) is 0 Å². The molecule has 0 unspecified atom stereocenters. The van der Waals surface area contributed by atoms with Crippen LogP contribution in [0.4, 0.5) is 0 Å². The van der Waals surface area contributed by atoms with Gasteiger partial charge < -0.3 is 0 Å². The van der Waals surface area contributed by atoms with Crippen LogP contribution in [0.1, 0.15) is 11.4 Å². The lowest BCUT2D eigenvalue weighted by atomic mass is 9.95. The minimum absolute atomic E-state index is 0.693. The standard InChI is InChI=1S/C48H34N4/c1-31-16-17-38-26-27-42-43(28-32(2)50-47(42)46(38)49-31)41-15-9-14-40(29-41)35-20-24-39(25-21-35)48-51-44(36-12-7-4-8-13-36)30-45(52-48)37-22-18-34(19-23-37)33-10-5-3-6-11-33/h3-30H,1-2H3. The smallest absolute Gasteiger partial charge is 0.160 e. The predicted molar refractivity (Wildman–Crippen MR) is 215 cm³/mol. The number of hydrogen-bond donors (Lipinski definition) is 0. The van der Waals surface area contributed by atoms with E-state index in [4.69, 9.17) is 19.9 Å².